The number of hydrogen-bond donors (Lipinski definition) is 2. The summed E-state index contributed by atoms with van der Waals surface area (Å²) in [5.41, 5.74) is 0.700. The van der Waals surface area contributed by atoms with E-state index in [9.17, 15) is 9.59 Å². The zero-order valence-electron chi connectivity index (χ0n) is 14.1. The molecular formula is C17H27N3O2. The Labute approximate surface area is 133 Å². The molecule has 3 amide bonds. The Balaban J connectivity index is 2.67. The van der Waals surface area contributed by atoms with E-state index in [-0.39, 0.29) is 17.9 Å². The summed E-state index contributed by atoms with van der Waals surface area (Å²) < 4.78 is 0. The Kier molecular flexibility index (Phi) is 6.89. The van der Waals surface area contributed by atoms with Crippen molar-refractivity contribution < 1.29 is 9.59 Å². The molecule has 5 nitrogen and oxygen atoms in total. The molecule has 0 fully saturated rings. The lowest BCUT2D eigenvalue weighted by molar-refractivity contribution is -0.133. The third-order valence-corrected chi connectivity index (χ3v) is 3.27. The first-order valence-electron chi connectivity index (χ1n) is 7.68. The highest BCUT2D eigenvalue weighted by atomic mass is 16.2. The summed E-state index contributed by atoms with van der Waals surface area (Å²) in [5.74, 6) is 0.343. The Hall–Kier alpha value is -2.04. The number of hydrogen-bond acceptors (Lipinski definition) is 2. The fraction of sp³-hybridized carbons (Fsp3) is 0.529. The number of rotatable bonds is 6. The van der Waals surface area contributed by atoms with Crippen molar-refractivity contribution in [3.05, 3.63) is 30.3 Å². The van der Waals surface area contributed by atoms with E-state index in [1.165, 1.54) is 0 Å². The molecule has 0 aliphatic carbocycles. The van der Waals surface area contributed by atoms with Gasteiger partial charge in [-0.05, 0) is 24.0 Å². The molecule has 5 heteroatoms. The number of carbonyl (C=O) groups is 2. The summed E-state index contributed by atoms with van der Waals surface area (Å²) >= 11 is 0. The number of urea groups is 1. The lowest BCUT2D eigenvalue weighted by Gasteiger charge is -2.28. The van der Waals surface area contributed by atoms with Gasteiger partial charge in [-0.2, -0.15) is 0 Å². The van der Waals surface area contributed by atoms with Gasteiger partial charge in [-0.3, -0.25) is 4.79 Å². The van der Waals surface area contributed by atoms with E-state index < -0.39 is 6.04 Å². The minimum Gasteiger partial charge on any atom is -0.344 e. The molecule has 0 aliphatic heterocycles. The largest absolute Gasteiger partial charge is 0.344 e. The number of nitrogens with zero attached hydrogens (tertiary/aromatic N) is 1. The van der Waals surface area contributed by atoms with Gasteiger partial charge in [0.25, 0.3) is 0 Å². The molecule has 0 heterocycles. The maximum absolute atomic E-state index is 12.5. The quantitative estimate of drug-likeness (QED) is 0.849. The first-order chi connectivity index (χ1) is 10.3. The number of carbonyl (C=O) groups excluding carboxylic acids is 2. The average Bonchev–Trinajstić information content (AvgIpc) is 2.44. The molecule has 0 aliphatic rings. The Morgan fingerprint density at radius 2 is 1.68 bits per heavy atom. The summed E-state index contributed by atoms with van der Waals surface area (Å²) in [6.07, 6.45) is 0. The predicted molar refractivity (Wildman–Crippen MR) is 89.7 cm³/mol. The summed E-state index contributed by atoms with van der Waals surface area (Å²) in [7, 11) is 1.77. The first kappa shape index (κ1) is 18.0. The number of para-hydroxylation sites is 1. The van der Waals surface area contributed by atoms with Crippen molar-refractivity contribution in [1.29, 1.82) is 0 Å². The highest BCUT2D eigenvalue weighted by Crippen LogP contribution is 2.09. The molecule has 1 aromatic carbocycles. The first-order valence-corrected chi connectivity index (χ1v) is 7.68. The predicted octanol–water partition coefficient (Wildman–Crippen LogP) is 2.95. The van der Waals surface area contributed by atoms with Crippen LogP contribution >= 0.6 is 0 Å². The molecule has 0 spiro atoms. The topological polar surface area (TPSA) is 61.4 Å². The van der Waals surface area contributed by atoms with Crippen LogP contribution in [0.4, 0.5) is 10.5 Å². The maximum Gasteiger partial charge on any atom is 0.319 e. The molecule has 122 valence electrons. The third-order valence-electron chi connectivity index (χ3n) is 3.27. The molecule has 1 unspecified atom stereocenters. The summed E-state index contributed by atoms with van der Waals surface area (Å²) in [5, 5.41) is 5.52. The number of likely N-dealkylation sites (N-methyl/N-ethyl adjacent to an activating group) is 1. The number of anilines is 1. The maximum atomic E-state index is 12.5. The minimum atomic E-state index is -0.535. The van der Waals surface area contributed by atoms with Crippen LogP contribution in [0.5, 0.6) is 0 Å². The second-order valence-electron chi connectivity index (χ2n) is 6.30. The molecule has 1 rings (SSSR count). The zero-order valence-corrected chi connectivity index (χ0v) is 14.1. The van der Waals surface area contributed by atoms with Crippen molar-refractivity contribution in [1.82, 2.24) is 10.2 Å². The van der Waals surface area contributed by atoms with Gasteiger partial charge in [0, 0.05) is 19.3 Å². The van der Waals surface area contributed by atoms with Gasteiger partial charge >= 0.3 is 6.03 Å². The van der Waals surface area contributed by atoms with Gasteiger partial charge in [0.05, 0.1) is 0 Å². The van der Waals surface area contributed by atoms with E-state index in [0.717, 1.165) is 0 Å². The average molecular weight is 305 g/mol. The van der Waals surface area contributed by atoms with E-state index in [1.54, 1.807) is 24.1 Å². The van der Waals surface area contributed by atoms with Gasteiger partial charge < -0.3 is 15.5 Å². The smallest absolute Gasteiger partial charge is 0.319 e. The fourth-order valence-corrected chi connectivity index (χ4v) is 2.22. The number of benzene rings is 1. The molecule has 1 aromatic rings. The number of nitrogens with one attached hydrogen (secondary N) is 2. The van der Waals surface area contributed by atoms with E-state index in [0.29, 0.717) is 18.2 Å². The molecule has 1 atom stereocenters. The molecular weight excluding hydrogens is 278 g/mol. The molecule has 0 aromatic heterocycles. The van der Waals surface area contributed by atoms with E-state index in [4.69, 9.17) is 0 Å². The number of amides is 3. The van der Waals surface area contributed by atoms with Crippen molar-refractivity contribution >= 4 is 17.6 Å². The van der Waals surface area contributed by atoms with Crippen molar-refractivity contribution in [2.45, 2.75) is 33.7 Å². The summed E-state index contributed by atoms with van der Waals surface area (Å²) in [4.78, 5) is 26.3. The van der Waals surface area contributed by atoms with Crippen LogP contribution in [0.25, 0.3) is 0 Å². The van der Waals surface area contributed by atoms with E-state index in [2.05, 4.69) is 24.5 Å². The van der Waals surface area contributed by atoms with Gasteiger partial charge in [0.15, 0.2) is 0 Å². The van der Waals surface area contributed by atoms with Crippen LogP contribution in [0.3, 0.4) is 0 Å². The Bertz CT molecular complexity index is 486. The highest BCUT2D eigenvalue weighted by Gasteiger charge is 2.27. The molecule has 2 N–H and O–H groups in total. The SMILES string of the molecule is CC(C)CN(C)C(=O)C(NC(=O)Nc1ccccc1)C(C)C. The van der Waals surface area contributed by atoms with Gasteiger partial charge in [0.2, 0.25) is 5.91 Å². The van der Waals surface area contributed by atoms with Crippen LogP contribution in [-0.4, -0.2) is 36.5 Å². The van der Waals surface area contributed by atoms with Gasteiger partial charge in [-0.1, -0.05) is 45.9 Å². The van der Waals surface area contributed by atoms with Crippen LogP contribution in [0.15, 0.2) is 30.3 Å². The minimum absolute atomic E-state index is 0.0173. The normalized spacial score (nSPS) is 12.1. The van der Waals surface area contributed by atoms with Crippen molar-refractivity contribution in [2.24, 2.45) is 11.8 Å². The van der Waals surface area contributed by atoms with E-state index in [1.807, 2.05) is 32.0 Å². The molecule has 0 bridgehead atoms. The lowest BCUT2D eigenvalue weighted by atomic mass is 10.0. The van der Waals surface area contributed by atoms with Crippen molar-refractivity contribution in [3.63, 3.8) is 0 Å². The van der Waals surface area contributed by atoms with Gasteiger partial charge in [0.1, 0.15) is 6.04 Å². The van der Waals surface area contributed by atoms with Crippen LogP contribution in [0.1, 0.15) is 27.7 Å². The second-order valence-corrected chi connectivity index (χ2v) is 6.30. The van der Waals surface area contributed by atoms with Crippen molar-refractivity contribution in [2.75, 3.05) is 18.9 Å². The fourth-order valence-electron chi connectivity index (χ4n) is 2.22. The van der Waals surface area contributed by atoms with Crippen molar-refractivity contribution in [3.8, 4) is 0 Å². The van der Waals surface area contributed by atoms with Crippen LogP contribution < -0.4 is 10.6 Å². The molecule has 0 radical (unpaired) electrons. The monoisotopic (exact) mass is 305 g/mol. The second kappa shape index (κ2) is 8.41. The van der Waals surface area contributed by atoms with Gasteiger partial charge in [-0.15, -0.1) is 0 Å². The van der Waals surface area contributed by atoms with Crippen LogP contribution in [0.2, 0.25) is 0 Å². The van der Waals surface area contributed by atoms with E-state index >= 15 is 0 Å². The lowest BCUT2D eigenvalue weighted by Crippen LogP contribution is -2.51. The van der Waals surface area contributed by atoms with Crippen LogP contribution in [-0.2, 0) is 4.79 Å². The summed E-state index contributed by atoms with van der Waals surface area (Å²) in [6, 6.07) is 8.27. The molecule has 22 heavy (non-hydrogen) atoms. The van der Waals surface area contributed by atoms with Gasteiger partial charge in [-0.25, -0.2) is 4.79 Å². The Morgan fingerprint density at radius 3 is 2.18 bits per heavy atom. The third kappa shape index (κ3) is 5.76. The highest BCUT2D eigenvalue weighted by molar-refractivity contribution is 5.93. The zero-order chi connectivity index (χ0) is 16.7. The van der Waals surface area contributed by atoms with Crippen LogP contribution in [0, 0.1) is 11.8 Å². The summed E-state index contributed by atoms with van der Waals surface area (Å²) in [6.45, 7) is 8.64. The standard InChI is InChI=1S/C17H27N3O2/c1-12(2)11-20(5)16(21)15(13(3)4)19-17(22)18-14-9-7-6-8-10-14/h6-10,12-13,15H,11H2,1-5H3,(H2,18,19,22). The molecule has 0 saturated carbocycles. The Morgan fingerprint density at radius 1 is 1.09 bits per heavy atom. The molecule has 0 saturated heterocycles.